The third-order valence-electron chi connectivity index (χ3n) is 6.90. The van der Waals surface area contributed by atoms with Crippen LogP contribution < -0.4 is 0 Å². The summed E-state index contributed by atoms with van der Waals surface area (Å²) in [4.78, 5) is 9.87. The molecule has 4 nitrogen and oxygen atoms in total. The molecule has 1 aliphatic rings. The number of hydrogen-bond acceptors (Lipinski definition) is 3. The first-order chi connectivity index (χ1) is 15.7. The SMILES string of the molecule is CCN(CC)CCn1c2c(c3cnc4cc(Cl)ccc4c31)CN(Cc1ccccc1)CC2. The number of benzene rings is 2. The second kappa shape index (κ2) is 9.22. The second-order valence-electron chi connectivity index (χ2n) is 8.73. The van der Waals surface area contributed by atoms with Crippen molar-refractivity contribution in [1.82, 2.24) is 19.4 Å². The highest BCUT2D eigenvalue weighted by molar-refractivity contribution is 6.31. The molecule has 1 aliphatic heterocycles. The van der Waals surface area contributed by atoms with Gasteiger partial charge in [0.05, 0.1) is 11.0 Å². The Morgan fingerprint density at radius 3 is 2.62 bits per heavy atom. The molecule has 0 spiro atoms. The fourth-order valence-electron chi connectivity index (χ4n) is 5.15. The summed E-state index contributed by atoms with van der Waals surface area (Å²) in [6.45, 7) is 11.8. The lowest BCUT2D eigenvalue weighted by molar-refractivity contribution is 0.241. The van der Waals surface area contributed by atoms with E-state index in [1.807, 2.05) is 12.1 Å². The van der Waals surface area contributed by atoms with Crippen LogP contribution in [0.2, 0.25) is 5.02 Å². The fourth-order valence-corrected chi connectivity index (χ4v) is 5.32. The van der Waals surface area contributed by atoms with Crippen LogP contribution >= 0.6 is 11.6 Å². The largest absolute Gasteiger partial charge is 0.342 e. The van der Waals surface area contributed by atoms with Gasteiger partial charge in [0.2, 0.25) is 0 Å². The first kappa shape index (κ1) is 21.4. The highest BCUT2D eigenvalue weighted by Crippen LogP contribution is 2.35. The lowest BCUT2D eigenvalue weighted by Gasteiger charge is -2.28. The van der Waals surface area contributed by atoms with Crippen molar-refractivity contribution in [3.8, 4) is 0 Å². The number of halogens is 1. The molecule has 5 heteroatoms. The van der Waals surface area contributed by atoms with E-state index in [0.717, 1.165) is 62.8 Å². The quantitative estimate of drug-likeness (QED) is 0.361. The first-order valence-corrected chi connectivity index (χ1v) is 12.1. The van der Waals surface area contributed by atoms with Crippen molar-refractivity contribution >= 4 is 33.4 Å². The Balaban J connectivity index is 1.58. The van der Waals surface area contributed by atoms with E-state index >= 15 is 0 Å². The maximum absolute atomic E-state index is 6.29. The van der Waals surface area contributed by atoms with E-state index in [0.29, 0.717) is 0 Å². The maximum atomic E-state index is 6.29. The highest BCUT2D eigenvalue weighted by Gasteiger charge is 2.25. The summed E-state index contributed by atoms with van der Waals surface area (Å²) in [7, 11) is 0. The summed E-state index contributed by atoms with van der Waals surface area (Å²) >= 11 is 6.29. The van der Waals surface area contributed by atoms with E-state index < -0.39 is 0 Å². The number of hydrogen-bond donors (Lipinski definition) is 0. The molecule has 0 bridgehead atoms. The van der Waals surface area contributed by atoms with E-state index in [1.165, 1.54) is 33.1 Å². The maximum Gasteiger partial charge on any atom is 0.0738 e. The van der Waals surface area contributed by atoms with Crippen molar-refractivity contribution in [2.24, 2.45) is 0 Å². The Bertz CT molecular complexity index is 1230. The summed E-state index contributed by atoms with van der Waals surface area (Å²) in [6, 6.07) is 16.9. The molecule has 0 saturated heterocycles. The van der Waals surface area contributed by atoms with Crippen molar-refractivity contribution in [3.63, 3.8) is 0 Å². The smallest absolute Gasteiger partial charge is 0.0738 e. The van der Waals surface area contributed by atoms with Crippen LogP contribution in [0.1, 0.15) is 30.7 Å². The Morgan fingerprint density at radius 2 is 1.84 bits per heavy atom. The van der Waals surface area contributed by atoms with Gasteiger partial charge in [0.1, 0.15) is 0 Å². The van der Waals surface area contributed by atoms with Crippen molar-refractivity contribution < 1.29 is 0 Å². The number of pyridine rings is 1. The van der Waals surface area contributed by atoms with Gasteiger partial charge in [-0.2, -0.15) is 0 Å². The molecule has 2 aromatic carbocycles. The van der Waals surface area contributed by atoms with Crippen LogP contribution in [0.3, 0.4) is 0 Å². The average Bonchev–Trinajstić information content (AvgIpc) is 3.13. The topological polar surface area (TPSA) is 24.3 Å². The molecule has 0 saturated carbocycles. The predicted molar refractivity (Wildman–Crippen MR) is 134 cm³/mol. The average molecular weight is 447 g/mol. The zero-order chi connectivity index (χ0) is 22.1. The van der Waals surface area contributed by atoms with Crippen LogP contribution in [0.4, 0.5) is 0 Å². The van der Waals surface area contributed by atoms with Gasteiger partial charge in [-0.3, -0.25) is 9.88 Å². The first-order valence-electron chi connectivity index (χ1n) is 11.7. The Kier molecular flexibility index (Phi) is 6.18. The van der Waals surface area contributed by atoms with Crippen LogP contribution in [0.25, 0.3) is 21.8 Å². The molecular weight excluding hydrogens is 416 g/mol. The lowest BCUT2D eigenvalue weighted by Crippen LogP contribution is -2.32. The monoisotopic (exact) mass is 446 g/mol. The Morgan fingerprint density at radius 1 is 1.03 bits per heavy atom. The summed E-state index contributed by atoms with van der Waals surface area (Å²) in [5.41, 5.74) is 6.61. The molecule has 32 heavy (non-hydrogen) atoms. The zero-order valence-electron chi connectivity index (χ0n) is 19.0. The third kappa shape index (κ3) is 4.03. The number of likely N-dealkylation sites (N-methyl/N-ethyl adjacent to an activating group) is 1. The van der Waals surface area contributed by atoms with Gasteiger partial charge >= 0.3 is 0 Å². The number of nitrogens with zero attached hydrogens (tertiary/aromatic N) is 4. The van der Waals surface area contributed by atoms with E-state index in [9.17, 15) is 0 Å². The number of rotatable bonds is 7. The molecule has 166 valence electrons. The van der Waals surface area contributed by atoms with Gasteiger partial charge in [0.25, 0.3) is 0 Å². The van der Waals surface area contributed by atoms with Crippen molar-refractivity contribution in [3.05, 3.63) is 76.6 Å². The molecule has 4 aromatic rings. The molecule has 5 rings (SSSR count). The van der Waals surface area contributed by atoms with Crippen LogP contribution in [-0.4, -0.2) is 45.5 Å². The van der Waals surface area contributed by atoms with Gasteiger partial charge in [0, 0.05) is 66.8 Å². The van der Waals surface area contributed by atoms with E-state index in [-0.39, 0.29) is 0 Å². The van der Waals surface area contributed by atoms with Gasteiger partial charge < -0.3 is 9.47 Å². The highest BCUT2D eigenvalue weighted by atomic mass is 35.5. The van der Waals surface area contributed by atoms with Gasteiger partial charge in [-0.05, 0) is 42.4 Å². The van der Waals surface area contributed by atoms with Gasteiger partial charge in [0.15, 0.2) is 0 Å². The zero-order valence-corrected chi connectivity index (χ0v) is 19.8. The van der Waals surface area contributed by atoms with Gasteiger partial charge in [-0.1, -0.05) is 55.8 Å². The summed E-state index contributed by atoms with van der Waals surface area (Å²) in [5.74, 6) is 0. The fraction of sp³-hybridized carbons (Fsp3) is 0.370. The van der Waals surface area contributed by atoms with Gasteiger partial charge in [-0.25, -0.2) is 0 Å². The molecule has 0 fully saturated rings. The standard InChI is InChI=1S/C27H31ClN4/c1-3-30(4-2)14-15-32-26-12-13-31(18-20-8-6-5-7-9-20)19-24(26)23-17-29-25-16-21(28)10-11-22(25)27(23)32/h5-11,16-17H,3-4,12-15,18-19H2,1-2H3. The second-order valence-corrected chi connectivity index (χ2v) is 9.17. The summed E-state index contributed by atoms with van der Waals surface area (Å²) in [6.07, 6.45) is 3.15. The minimum absolute atomic E-state index is 0.740. The summed E-state index contributed by atoms with van der Waals surface area (Å²) < 4.78 is 2.58. The van der Waals surface area contributed by atoms with Crippen LogP contribution in [0.5, 0.6) is 0 Å². The molecule has 0 atom stereocenters. The molecule has 2 aromatic heterocycles. The van der Waals surface area contributed by atoms with Crippen LogP contribution in [0.15, 0.2) is 54.7 Å². The Labute approximate surface area is 195 Å². The predicted octanol–water partition coefficient (Wildman–Crippen LogP) is 5.74. The van der Waals surface area contributed by atoms with E-state index in [4.69, 9.17) is 16.6 Å². The number of aromatic nitrogens is 2. The molecule has 0 aliphatic carbocycles. The Hall–Kier alpha value is -2.40. The van der Waals surface area contributed by atoms with Crippen LogP contribution in [-0.2, 0) is 26.1 Å². The minimum Gasteiger partial charge on any atom is -0.342 e. The normalized spacial score (nSPS) is 14.5. The third-order valence-corrected chi connectivity index (χ3v) is 7.14. The van der Waals surface area contributed by atoms with E-state index in [2.05, 4.69) is 70.8 Å². The lowest BCUT2D eigenvalue weighted by atomic mass is 10.0. The number of fused-ring (bicyclic) bond motifs is 5. The molecule has 3 heterocycles. The molecule has 0 radical (unpaired) electrons. The summed E-state index contributed by atoms with van der Waals surface area (Å²) in [5, 5.41) is 3.24. The van der Waals surface area contributed by atoms with Crippen molar-refractivity contribution in [2.45, 2.75) is 39.9 Å². The molecule has 0 unspecified atom stereocenters. The van der Waals surface area contributed by atoms with Crippen LogP contribution in [0, 0.1) is 0 Å². The minimum atomic E-state index is 0.740. The van der Waals surface area contributed by atoms with E-state index in [1.54, 1.807) is 0 Å². The van der Waals surface area contributed by atoms with Crippen molar-refractivity contribution in [2.75, 3.05) is 26.2 Å². The van der Waals surface area contributed by atoms with Gasteiger partial charge in [-0.15, -0.1) is 0 Å². The molecular formula is C27H31ClN4. The molecule has 0 N–H and O–H groups in total. The molecule has 0 amide bonds. The van der Waals surface area contributed by atoms with Crippen molar-refractivity contribution in [1.29, 1.82) is 0 Å².